The number of nitrogens with zero attached hydrogens (tertiary/aromatic N) is 1. The molecule has 0 radical (unpaired) electrons. The summed E-state index contributed by atoms with van der Waals surface area (Å²) in [5.41, 5.74) is -0.383. The molecule has 0 aliphatic carbocycles. The SMILES string of the molecule is CCCSSC1C[C@H](n2cc(C)c(=O)[nH]c2=O)O[C@@H]1CO. The van der Waals surface area contributed by atoms with Crippen LogP contribution in [0.3, 0.4) is 0 Å². The fourth-order valence-corrected chi connectivity index (χ4v) is 5.03. The van der Waals surface area contributed by atoms with Crippen LogP contribution in [-0.4, -0.2) is 38.4 Å². The number of aliphatic hydroxyl groups excluding tert-OH is 1. The molecule has 1 aromatic rings. The Hall–Kier alpha value is -0.700. The van der Waals surface area contributed by atoms with E-state index in [1.54, 1.807) is 28.5 Å². The highest BCUT2D eigenvalue weighted by Gasteiger charge is 2.36. The van der Waals surface area contributed by atoms with Gasteiger partial charge in [0.1, 0.15) is 6.23 Å². The van der Waals surface area contributed by atoms with Gasteiger partial charge in [0.2, 0.25) is 0 Å². The lowest BCUT2D eigenvalue weighted by molar-refractivity contribution is -0.0238. The highest BCUT2D eigenvalue weighted by Crippen LogP contribution is 2.40. The van der Waals surface area contributed by atoms with Crippen LogP contribution < -0.4 is 11.2 Å². The van der Waals surface area contributed by atoms with E-state index in [-0.39, 0.29) is 23.5 Å². The van der Waals surface area contributed by atoms with Gasteiger partial charge in [0.25, 0.3) is 5.56 Å². The molecule has 1 saturated heterocycles. The van der Waals surface area contributed by atoms with Gasteiger partial charge in [-0.3, -0.25) is 14.3 Å². The van der Waals surface area contributed by atoms with Crippen molar-refractivity contribution in [2.24, 2.45) is 0 Å². The summed E-state index contributed by atoms with van der Waals surface area (Å²) >= 11 is 0. The Bertz CT molecular complexity index is 586. The molecule has 21 heavy (non-hydrogen) atoms. The van der Waals surface area contributed by atoms with Gasteiger partial charge in [0, 0.05) is 29.2 Å². The molecule has 118 valence electrons. The van der Waals surface area contributed by atoms with E-state index < -0.39 is 11.9 Å². The predicted octanol–water partition coefficient (Wildman–Crippen LogP) is 1.28. The first-order valence-corrected chi connectivity index (χ1v) is 9.31. The first kappa shape index (κ1) is 16.7. The Morgan fingerprint density at radius 2 is 2.29 bits per heavy atom. The Morgan fingerprint density at radius 3 is 2.95 bits per heavy atom. The molecule has 0 saturated carbocycles. The maximum Gasteiger partial charge on any atom is 0.330 e. The molecule has 8 heteroatoms. The van der Waals surface area contributed by atoms with Crippen molar-refractivity contribution in [3.8, 4) is 0 Å². The molecule has 0 bridgehead atoms. The number of aromatic nitrogens is 2. The molecule has 0 aromatic carbocycles. The average Bonchev–Trinajstić information content (AvgIpc) is 2.86. The molecule has 2 rings (SSSR count). The van der Waals surface area contributed by atoms with Gasteiger partial charge in [-0.15, -0.1) is 0 Å². The third kappa shape index (κ3) is 3.94. The fourth-order valence-electron chi connectivity index (χ4n) is 2.16. The number of aromatic amines is 1. The lowest BCUT2D eigenvalue weighted by Gasteiger charge is -2.15. The predicted molar refractivity (Wildman–Crippen MR) is 85.8 cm³/mol. The van der Waals surface area contributed by atoms with E-state index in [9.17, 15) is 14.7 Å². The van der Waals surface area contributed by atoms with Crippen molar-refractivity contribution in [3.05, 3.63) is 32.6 Å². The summed E-state index contributed by atoms with van der Waals surface area (Å²) in [6.07, 6.45) is 2.52. The highest BCUT2D eigenvalue weighted by atomic mass is 33.1. The van der Waals surface area contributed by atoms with Crippen molar-refractivity contribution >= 4 is 21.6 Å². The second-order valence-electron chi connectivity index (χ2n) is 4.98. The highest BCUT2D eigenvalue weighted by molar-refractivity contribution is 8.76. The van der Waals surface area contributed by atoms with Crippen molar-refractivity contribution < 1.29 is 9.84 Å². The molecule has 1 aliphatic heterocycles. The lowest BCUT2D eigenvalue weighted by atomic mass is 10.2. The number of ether oxygens (including phenoxy) is 1. The number of aryl methyl sites for hydroxylation is 1. The summed E-state index contributed by atoms with van der Waals surface area (Å²) in [5.74, 6) is 1.04. The Labute approximate surface area is 130 Å². The maximum atomic E-state index is 11.9. The summed E-state index contributed by atoms with van der Waals surface area (Å²) in [5, 5.41) is 9.57. The zero-order valence-electron chi connectivity index (χ0n) is 12.1. The van der Waals surface area contributed by atoms with Crippen LogP contribution in [0.15, 0.2) is 15.8 Å². The minimum atomic E-state index is -0.473. The van der Waals surface area contributed by atoms with Crippen molar-refractivity contribution in [1.82, 2.24) is 9.55 Å². The van der Waals surface area contributed by atoms with Crippen LogP contribution in [0.4, 0.5) is 0 Å². The number of rotatable bonds is 6. The minimum absolute atomic E-state index is 0.0715. The topological polar surface area (TPSA) is 84.3 Å². The van der Waals surface area contributed by atoms with Crippen molar-refractivity contribution in [2.75, 3.05) is 12.4 Å². The molecule has 1 aliphatic rings. The second-order valence-corrected chi connectivity index (χ2v) is 7.71. The molecule has 0 amide bonds. The summed E-state index contributed by atoms with van der Waals surface area (Å²) in [4.78, 5) is 25.6. The van der Waals surface area contributed by atoms with E-state index in [2.05, 4.69) is 11.9 Å². The van der Waals surface area contributed by atoms with Gasteiger partial charge in [-0.05, 0) is 13.3 Å². The van der Waals surface area contributed by atoms with Gasteiger partial charge < -0.3 is 9.84 Å². The van der Waals surface area contributed by atoms with Crippen molar-refractivity contribution in [1.29, 1.82) is 0 Å². The molecule has 1 fully saturated rings. The molecule has 0 spiro atoms. The van der Waals surface area contributed by atoms with Gasteiger partial charge in [0.05, 0.1) is 12.7 Å². The maximum absolute atomic E-state index is 11.9. The van der Waals surface area contributed by atoms with Crippen LogP contribution in [-0.2, 0) is 4.74 Å². The lowest BCUT2D eigenvalue weighted by Crippen LogP contribution is -2.33. The van der Waals surface area contributed by atoms with Gasteiger partial charge in [-0.25, -0.2) is 4.79 Å². The van der Waals surface area contributed by atoms with E-state index in [1.807, 2.05) is 0 Å². The smallest absolute Gasteiger partial charge is 0.330 e. The monoisotopic (exact) mass is 332 g/mol. The molecule has 6 nitrogen and oxygen atoms in total. The number of aliphatic hydroxyl groups is 1. The molecular weight excluding hydrogens is 312 g/mol. The number of hydrogen-bond acceptors (Lipinski definition) is 6. The molecule has 1 aromatic heterocycles. The number of hydrogen-bond donors (Lipinski definition) is 2. The molecule has 2 N–H and O–H groups in total. The molecular formula is C13H20N2O4S2. The van der Waals surface area contributed by atoms with Crippen molar-refractivity contribution in [2.45, 2.75) is 44.3 Å². The Morgan fingerprint density at radius 1 is 1.52 bits per heavy atom. The zero-order valence-corrected chi connectivity index (χ0v) is 13.7. The molecule has 3 atom stereocenters. The normalized spacial score (nSPS) is 25.4. The summed E-state index contributed by atoms with van der Waals surface area (Å²) in [6, 6.07) is 0. The van der Waals surface area contributed by atoms with E-state index in [0.717, 1.165) is 12.2 Å². The van der Waals surface area contributed by atoms with E-state index in [0.29, 0.717) is 12.0 Å². The summed E-state index contributed by atoms with van der Waals surface area (Å²) < 4.78 is 7.18. The first-order valence-electron chi connectivity index (χ1n) is 6.93. The van der Waals surface area contributed by atoms with Crippen molar-refractivity contribution in [3.63, 3.8) is 0 Å². The molecule has 2 heterocycles. The van der Waals surface area contributed by atoms with Gasteiger partial charge >= 0.3 is 5.69 Å². The van der Waals surface area contributed by atoms with E-state index >= 15 is 0 Å². The van der Waals surface area contributed by atoms with Crippen LogP contribution in [0.1, 0.15) is 31.6 Å². The van der Waals surface area contributed by atoms with Gasteiger partial charge in [0.15, 0.2) is 0 Å². The summed E-state index contributed by atoms with van der Waals surface area (Å²) in [7, 11) is 3.45. The average molecular weight is 332 g/mol. The van der Waals surface area contributed by atoms with Crippen LogP contribution in [0.2, 0.25) is 0 Å². The van der Waals surface area contributed by atoms with Crippen LogP contribution in [0.5, 0.6) is 0 Å². The Kier molecular flexibility index (Phi) is 5.98. The van der Waals surface area contributed by atoms with Gasteiger partial charge in [-0.2, -0.15) is 0 Å². The third-order valence-electron chi connectivity index (χ3n) is 3.30. The quantitative estimate of drug-likeness (QED) is 0.603. The zero-order chi connectivity index (χ0) is 15.4. The first-order chi connectivity index (χ1) is 10.1. The third-order valence-corrected chi connectivity index (χ3v) is 6.40. The van der Waals surface area contributed by atoms with Crippen LogP contribution >= 0.6 is 21.6 Å². The largest absolute Gasteiger partial charge is 0.394 e. The molecule has 1 unspecified atom stereocenters. The van der Waals surface area contributed by atoms with Crippen LogP contribution in [0, 0.1) is 6.92 Å². The fraction of sp³-hybridized carbons (Fsp3) is 0.692. The van der Waals surface area contributed by atoms with E-state index in [1.165, 1.54) is 10.8 Å². The number of nitrogens with one attached hydrogen (secondary N) is 1. The van der Waals surface area contributed by atoms with Crippen LogP contribution in [0.25, 0.3) is 0 Å². The summed E-state index contributed by atoms with van der Waals surface area (Å²) in [6.45, 7) is 3.70. The van der Waals surface area contributed by atoms with Gasteiger partial charge in [-0.1, -0.05) is 28.5 Å². The standard InChI is InChI=1S/C13H20N2O4S2/c1-3-4-20-21-10-5-11(19-9(10)7-16)15-6-8(2)12(17)14-13(15)18/h6,9-11,16H,3-5,7H2,1-2H3,(H,14,17,18)/t9-,10?,11-/m1/s1. The second kappa shape index (κ2) is 7.53. The van der Waals surface area contributed by atoms with E-state index in [4.69, 9.17) is 4.74 Å². The number of H-pyrrole nitrogens is 1. The minimum Gasteiger partial charge on any atom is -0.394 e. The Balaban J connectivity index is 2.13.